The van der Waals surface area contributed by atoms with Crippen molar-refractivity contribution in [2.45, 2.75) is 13.5 Å². The fourth-order valence-electron chi connectivity index (χ4n) is 1.71. The Morgan fingerprint density at radius 3 is 2.78 bits per heavy atom. The Labute approximate surface area is 111 Å². The highest BCUT2D eigenvalue weighted by Gasteiger charge is 2.04. The molecule has 2 nitrogen and oxygen atoms in total. The van der Waals surface area contributed by atoms with E-state index in [1.807, 2.05) is 25.1 Å². The Bertz CT molecular complexity index is 564. The molecule has 0 aromatic heterocycles. The molecule has 0 aliphatic rings. The first-order valence-corrected chi connectivity index (χ1v) is 6.00. The molecule has 92 valence electrons. The number of benzene rings is 2. The standard InChI is InChI=1S/C15H13ClO2/c1-11-3-2-4-12(7-11)10-18-15-6-5-14(16)8-13(15)9-17/h2-9H,10H2,1H3. The van der Waals surface area contributed by atoms with Crippen LogP contribution < -0.4 is 4.74 Å². The number of carbonyl (C=O) groups excluding carboxylic acids is 1. The van der Waals surface area contributed by atoms with Crippen LogP contribution in [0.3, 0.4) is 0 Å². The van der Waals surface area contributed by atoms with Crippen molar-refractivity contribution in [2.24, 2.45) is 0 Å². The number of aryl methyl sites for hydroxylation is 1. The van der Waals surface area contributed by atoms with Gasteiger partial charge in [0.05, 0.1) is 5.56 Å². The molecule has 0 aliphatic carbocycles. The van der Waals surface area contributed by atoms with Crippen LogP contribution >= 0.6 is 11.6 Å². The molecule has 0 unspecified atom stereocenters. The predicted octanol–water partition coefficient (Wildman–Crippen LogP) is 4.04. The summed E-state index contributed by atoms with van der Waals surface area (Å²) >= 11 is 5.82. The minimum absolute atomic E-state index is 0.435. The molecule has 0 bridgehead atoms. The third-order valence-corrected chi connectivity index (χ3v) is 2.81. The zero-order valence-corrected chi connectivity index (χ0v) is 10.8. The molecular formula is C15H13ClO2. The largest absolute Gasteiger partial charge is 0.488 e. The summed E-state index contributed by atoms with van der Waals surface area (Å²) in [7, 11) is 0. The van der Waals surface area contributed by atoms with E-state index < -0.39 is 0 Å². The van der Waals surface area contributed by atoms with Crippen molar-refractivity contribution in [1.29, 1.82) is 0 Å². The topological polar surface area (TPSA) is 26.3 Å². The average Bonchev–Trinajstić information content (AvgIpc) is 2.37. The number of hydrogen-bond donors (Lipinski definition) is 0. The Hall–Kier alpha value is -1.80. The molecule has 0 amide bonds. The van der Waals surface area contributed by atoms with Gasteiger partial charge in [0.1, 0.15) is 12.4 Å². The van der Waals surface area contributed by atoms with Crippen LogP contribution in [0.2, 0.25) is 5.02 Å². The Morgan fingerprint density at radius 1 is 1.22 bits per heavy atom. The maximum absolute atomic E-state index is 10.9. The van der Waals surface area contributed by atoms with Gasteiger partial charge < -0.3 is 4.74 Å². The normalized spacial score (nSPS) is 10.1. The van der Waals surface area contributed by atoms with Crippen LogP contribution in [0.25, 0.3) is 0 Å². The minimum atomic E-state index is 0.435. The molecule has 2 rings (SSSR count). The van der Waals surface area contributed by atoms with Crippen molar-refractivity contribution in [3.63, 3.8) is 0 Å². The molecule has 0 spiro atoms. The van der Waals surface area contributed by atoms with E-state index in [2.05, 4.69) is 6.07 Å². The second-order valence-electron chi connectivity index (χ2n) is 4.08. The van der Waals surface area contributed by atoms with Gasteiger partial charge in [0.2, 0.25) is 0 Å². The summed E-state index contributed by atoms with van der Waals surface area (Å²) in [5.74, 6) is 0.552. The first kappa shape index (κ1) is 12.7. The monoisotopic (exact) mass is 260 g/mol. The molecule has 0 saturated carbocycles. The molecule has 0 saturated heterocycles. The van der Waals surface area contributed by atoms with Gasteiger partial charge in [-0.3, -0.25) is 4.79 Å². The van der Waals surface area contributed by atoms with Crippen LogP contribution in [0.4, 0.5) is 0 Å². The predicted molar refractivity (Wildman–Crippen MR) is 72.4 cm³/mol. The highest BCUT2D eigenvalue weighted by Crippen LogP contribution is 2.22. The molecule has 0 radical (unpaired) electrons. The molecule has 3 heteroatoms. The van der Waals surface area contributed by atoms with Gasteiger partial charge in [-0.2, -0.15) is 0 Å². The van der Waals surface area contributed by atoms with E-state index >= 15 is 0 Å². The zero-order valence-electron chi connectivity index (χ0n) is 10.0. The summed E-state index contributed by atoms with van der Waals surface area (Å²) in [5.41, 5.74) is 2.72. The lowest BCUT2D eigenvalue weighted by Gasteiger charge is -2.09. The first-order valence-electron chi connectivity index (χ1n) is 5.62. The number of rotatable bonds is 4. The van der Waals surface area contributed by atoms with E-state index in [9.17, 15) is 4.79 Å². The molecule has 0 N–H and O–H groups in total. The van der Waals surface area contributed by atoms with Crippen LogP contribution in [-0.4, -0.2) is 6.29 Å². The van der Waals surface area contributed by atoms with Crippen molar-refractivity contribution in [2.75, 3.05) is 0 Å². The van der Waals surface area contributed by atoms with E-state index in [-0.39, 0.29) is 0 Å². The van der Waals surface area contributed by atoms with E-state index in [1.54, 1.807) is 18.2 Å². The Balaban J connectivity index is 2.13. The lowest BCUT2D eigenvalue weighted by Crippen LogP contribution is -1.98. The van der Waals surface area contributed by atoms with Crippen molar-refractivity contribution >= 4 is 17.9 Å². The van der Waals surface area contributed by atoms with Gasteiger partial charge in [-0.15, -0.1) is 0 Å². The van der Waals surface area contributed by atoms with Gasteiger partial charge in [0, 0.05) is 5.02 Å². The number of halogens is 1. The first-order chi connectivity index (χ1) is 8.69. The third-order valence-electron chi connectivity index (χ3n) is 2.58. The summed E-state index contributed by atoms with van der Waals surface area (Å²) in [6, 6.07) is 13.1. The molecule has 0 heterocycles. The van der Waals surface area contributed by atoms with Crippen LogP contribution in [0, 0.1) is 6.92 Å². The SMILES string of the molecule is Cc1cccc(COc2ccc(Cl)cc2C=O)c1. The van der Waals surface area contributed by atoms with Gasteiger partial charge in [-0.05, 0) is 30.7 Å². The number of ether oxygens (including phenoxy) is 1. The fraction of sp³-hybridized carbons (Fsp3) is 0.133. The summed E-state index contributed by atoms with van der Waals surface area (Å²) in [5, 5.41) is 0.528. The quantitative estimate of drug-likeness (QED) is 0.776. The van der Waals surface area contributed by atoms with E-state index in [0.29, 0.717) is 22.9 Å². The lowest BCUT2D eigenvalue weighted by atomic mass is 10.1. The van der Waals surface area contributed by atoms with Crippen LogP contribution in [0.15, 0.2) is 42.5 Å². The second kappa shape index (κ2) is 5.69. The van der Waals surface area contributed by atoms with Crippen molar-refractivity contribution in [3.8, 4) is 5.75 Å². The van der Waals surface area contributed by atoms with Crippen molar-refractivity contribution in [1.82, 2.24) is 0 Å². The maximum Gasteiger partial charge on any atom is 0.153 e. The molecule has 0 fully saturated rings. The fourth-order valence-corrected chi connectivity index (χ4v) is 1.89. The lowest BCUT2D eigenvalue weighted by molar-refractivity contribution is 0.111. The van der Waals surface area contributed by atoms with Crippen LogP contribution in [-0.2, 0) is 6.61 Å². The molecule has 2 aromatic rings. The van der Waals surface area contributed by atoms with Gasteiger partial charge in [0.25, 0.3) is 0 Å². The Morgan fingerprint density at radius 2 is 2.06 bits per heavy atom. The molecule has 18 heavy (non-hydrogen) atoms. The average molecular weight is 261 g/mol. The smallest absolute Gasteiger partial charge is 0.153 e. The van der Waals surface area contributed by atoms with Crippen LogP contribution in [0.1, 0.15) is 21.5 Å². The second-order valence-corrected chi connectivity index (χ2v) is 4.51. The highest BCUT2D eigenvalue weighted by atomic mass is 35.5. The highest BCUT2D eigenvalue weighted by molar-refractivity contribution is 6.30. The Kier molecular flexibility index (Phi) is 4.00. The minimum Gasteiger partial charge on any atom is -0.488 e. The summed E-state index contributed by atoms with van der Waals surface area (Å²) in [4.78, 5) is 10.9. The van der Waals surface area contributed by atoms with Gasteiger partial charge in [-0.25, -0.2) is 0 Å². The zero-order chi connectivity index (χ0) is 13.0. The van der Waals surface area contributed by atoms with Crippen molar-refractivity contribution < 1.29 is 9.53 Å². The van der Waals surface area contributed by atoms with E-state index in [0.717, 1.165) is 11.8 Å². The molecule has 2 aromatic carbocycles. The van der Waals surface area contributed by atoms with Gasteiger partial charge in [-0.1, -0.05) is 41.4 Å². The summed E-state index contributed by atoms with van der Waals surface area (Å²) in [6.07, 6.45) is 0.747. The molecular weight excluding hydrogens is 248 g/mol. The van der Waals surface area contributed by atoms with Gasteiger partial charge >= 0.3 is 0 Å². The van der Waals surface area contributed by atoms with Crippen molar-refractivity contribution in [3.05, 3.63) is 64.2 Å². The van der Waals surface area contributed by atoms with E-state index in [4.69, 9.17) is 16.3 Å². The van der Waals surface area contributed by atoms with E-state index in [1.165, 1.54) is 5.56 Å². The third kappa shape index (κ3) is 3.11. The number of hydrogen-bond acceptors (Lipinski definition) is 2. The van der Waals surface area contributed by atoms with Crippen LogP contribution in [0.5, 0.6) is 5.75 Å². The molecule has 0 aliphatic heterocycles. The summed E-state index contributed by atoms with van der Waals surface area (Å²) < 4.78 is 5.63. The number of carbonyl (C=O) groups is 1. The molecule has 0 atom stereocenters. The van der Waals surface area contributed by atoms with Gasteiger partial charge in [0.15, 0.2) is 6.29 Å². The summed E-state index contributed by atoms with van der Waals surface area (Å²) in [6.45, 7) is 2.47. The number of aldehydes is 1. The maximum atomic E-state index is 10.9.